The van der Waals surface area contributed by atoms with Crippen LogP contribution < -0.4 is 5.73 Å². The van der Waals surface area contributed by atoms with Crippen molar-refractivity contribution in [2.45, 2.75) is 25.0 Å². The first-order valence-electron chi connectivity index (χ1n) is 4.77. The van der Waals surface area contributed by atoms with E-state index in [2.05, 4.69) is 0 Å². The fourth-order valence-electron chi connectivity index (χ4n) is 1.46. The van der Waals surface area contributed by atoms with E-state index in [1.54, 1.807) is 24.3 Å². The quantitative estimate of drug-likeness (QED) is 0.611. The van der Waals surface area contributed by atoms with Crippen LogP contribution in [0, 0.1) is 0 Å². The second kappa shape index (κ2) is 4.63. The molecule has 0 fully saturated rings. The third kappa shape index (κ3) is 3.21. The third-order valence-electron chi connectivity index (χ3n) is 2.22. The lowest BCUT2D eigenvalue weighted by Crippen LogP contribution is -2.12. The molecular formula is C10H15NO3S. The second-order valence-electron chi connectivity index (χ2n) is 3.46. The number of hydrogen-bond donors (Lipinski definition) is 2. The van der Waals surface area contributed by atoms with Crippen LogP contribution in [0.15, 0.2) is 24.3 Å². The van der Waals surface area contributed by atoms with E-state index < -0.39 is 15.4 Å². The van der Waals surface area contributed by atoms with E-state index in [0.29, 0.717) is 24.1 Å². The van der Waals surface area contributed by atoms with Gasteiger partial charge in [0.05, 0.1) is 0 Å². The maximum Gasteiger partial charge on any atom is 0.271 e. The van der Waals surface area contributed by atoms with Gasteiger partial charge < -0.3 is 5.73 Å². The van der Waals surface area contributed by atoms with Crippen molar-refractivity contribution in [3.8, 4) is 0 Å². The van der Waals surface area contributed by atoms with Crippen molar-refractivity contribution in [3.05, 3.63) is 29.8 Å². The predicted molar refractivity (Wildman–Crippen MR) is 60.1 cm³/mol. The zero-order valence-electron chi connectivity index (χ0n) is 8.55. The van der Waals surface area contributed by atoms with Crippen LogP contribution in [0.5, 0.6) is 0 Å². The lowest BCUT2D eigenvalue weighted by molar-refractivity contribution is 0.463. The summed E-state index contributed by atoms with van der Waals surface area (Å²) in [4.78, 5) is 0. The molecule has 0 amide bonds. The summed E-state index contributed by atoms with van der Waals surface area (Å²) < 4.78 is 31.3. The summed E-state index contributed by atoms with van der Waals surface area (Å²) in [5.74, 6) is 0. The van der Waals surface area contributed by atoms with Crippen LogP contribution in [0.2, 0.25) is 0 Å². The topological polar surface area (TPSA) is 80.4 Å². The van der Waals surface area contributed by atoms with Crippen LogP contribution in [-0.2, 0) is 10.1 Å². The van der Waals surface area contributed by atoms with Crippen LogP contribution in [0.25, 0.3) is 0 Å². The zero-order chi connectivity index (χ0) is 11.5. The Balaban J connectivity index is 3.05. The first-order chi connectivity index (χ1) is 6.95. The van der Waals surface area contributed by atoms with Gasteiger partial charge in [0.1, 0.15) is 5.25 Å². The average molecular weight is 229 g/mol. The molecule has 15 heavy (non-hydrogen) atoms. The summed E-state index contributed by atoms with van der Waals surface area (Å²) in [7, 11) is -4.03. The van der Waals surface area contributed by atoms with Gasteiger partial charge in [-0.05, 0) is 24.1 Å². The van der Waals surface area contributed by atoms with Crippen molar-refractivity contribution in [2.24, 2.45) is 0 Å². The van der Waals surface area contributed by atoms with E-state index in [0.717, 1.165) is 0 Å². The molecule has 3 N–H and O–H groups in total. The maximum atomic E-state index is 11.1. The highest BCUT2D eigenvalue weighted by molar-refractivity contribution is 7.86. The smallest absolute Gasteiger partial charge is 0.271 e. The molecular weight excluding hydrogens is 214 g/mol. The Morgan fingerprint density at radius 2 is 1.87 bits per heavy atom. The first-order valence-corrected chi connectivity index (χ1v) is 6.27. The molecule has 84 valence electrons. The molecule has 0 radical (unpaired) electrons. The summed E-state index contributed by atoms with van der Waals surface area (Å²) in [5.41, 5.74) is 6.65. The zero-order valence-corrected chi connectivity index (χ0v) is 9.37. The molecule has 0 aliphatic heterocycles. The van der Waals surface area contributed by atoms with Crippen LogP contribution in [0.3, 0.4) is 0 Å². The molecule has 0 aliphatic carbocycles. The molecule has 5 heteroatoms. The molecule has 0 aromatic heterocycles. The fourth-order valence-corrected chi connectivity index (χ4v) is 2.50. The van der Waals surface area contributed by atoms with E-state index in [9.17, 15) is 8.42 Å². The Morgan fingerprint density at radius 3 is 2.27 bits per heavy atom. The summed E-state index contributed by atoms with van der Waals surface area (Å²) in [6.45, 7) is 1.87. The molecule has 0 aliphatic rings. The Hall–Kier alpha value is -1.07. The molecule has 1 aromatic carbocycles. The van der Waals surface area contributed by atoms with Crippen molar-refractivity contribution in [2.75, 3.05) is 5.73 Å². The maximum absolute atomic E-state index is 11.1. The van der Waals surface area contributed by atoms with Crippen molar-refractivity contribution in [1.29, 1.82) is 0 Å². The number of rotatable bonds is 4. The molecule has 1 aromatic rings. The van der Waals surface area contributed by atoms with Crippen LogP contribution in [0.1, 0.15) is 30.6 Å². The van der Waals surface area contributed by atoms with Crippen molar-refractivity contribution >= 4 is 15.8 Å². The first kappa shape index (κ1) is 12.0. The minimum absolute atomic E-state index is 0.406. The molecule has 0 saturated carbocycles. The van der Waals surface area contributed by atoms with Crippen molar-refractivity contribution in [3.63, 3.8) is 0 Å². The molecule has 0 spiro atoms. The fraction of sp³-hybridized carbons (Fsp3) is 0.400. The van der Waals surface area contributed by atoms with Gasteiger partial charge in [-0.25, -0.2) is 0 Å². The Kier molecular flexibility index (Phi) is 3.71. The summed E-state index contributed by atoms with van der Waals surface area (Å²) in [6.07, 6.45) is 1.09. The van der Waals surface area contributed by atoms with E-state index in [1.807, 2.05) is 6.92 Å². The summed E-state index contributed by atoms with van der Waals surface area (Å²) >= 11 is 0. The van der Waals surface area contributed by atoms with Crippen molar-refractivity contribution in [1.82, 2.24) is 0 Å². The number of anilines is 1. The molecule has 1 rings (SSSR count). The molecule has 0 heterocycles. The Morgan fingerprint density at radius 1 is 1.33 bits per heavy atom. The van der Waals surface area contributed by atoms with Gasteiger partial charge in [0.2, 0.25) is 0 Å². The lowest BCUT2D eigenvalue weighted by atomic mass is 10.1. The molecule has 0 bridgehead atoms. The third-order valence-corrected chi connectivity index (χ3v) is 3.45. The highest BCUT2D eigenvalue weighted by atomic mass is 32.2. The van der Waals surface area contributed by atoms with Gasteiger partial charge in [-0.15, -0.1) is 0 Å². The lowest BCUT2D eigenvalue weighted by Gasteiger charge is -2.13. The number of benzene rings is 1. The largest absolute Gasteiger partial charge is 0.399 e. The van der Waals surface area contributed by atoms with Gasteiger partial charge in [-0.2, -0.15) is 8.42 Å². The molecule has 1 atom stereocenters. The minimum Gasteiger partial charge on any atom is -0.399 e. The van der Waals surface area contributed by atoms with Crippen LogP contribution in [0.4, 0.5) is 5.69 Å². The SMILES string of the molecule is CCCC(c1ccc(N)cc1)S(=O)(=O)O. The van der Waals surface area contributed by atoms with Crippen LogP contribution >= 0.6 is 0 Å². The van der Waals surface area contributed by atoms with E-state index in [4.69, 9.17) is 10.3 Å². The second-order valence-corrected chi connectivity index (χ2v) is 5.06. The van der Waals surface area contributed by atoms with Gasteiger partial charge in [0.25, 0.3) is 10.1 Å². The minimum atomic E-state index is -4.03. The Labute approximate surface area is 89.9 Å². The summed E-state index contributed by atoms with van der Waals surface area (Å²) in [6, 6.07) is 6.51. The van der Waals surface area contributed by atoms with Crippen molar-refractivity contribution < 1.29 is 13.0 Å². The number of nitrogen functional groups attached to an aromatic ring is 1. The van der Waals surface area contributed by atoms with E-state index >= 15 is 0 Å². The van der Waals surface area contributed by atoms with Gasteiger partial charge in [0.15, 0.2) is 0 Å². The summed E-state index contributed by atoms with van der Waals surface area (Å²) in [5, 5.41) is -0.844. The highest BCUT2D eigenvalue weighted by Gasteiger charge is 2.23. The van der Waals surface area contributed by atoms with Gasteiger partial charge in [0, 0.05) is 5.69 Å². The van der Waals surface area contributed by atoms with Gasteiger partial charge in [-0.3, -0.25) is 4.55 Å². The van der Waals surface area contributed by atoms with Gasteiger partial charge >= 0.3 is 0 Å². The average Bonchev–Trinajstić information content (AvgIpc) is 2.14. The van der Waals surface area contributed by atoms with E-state index in [1.165, 1.54) is 0 Å². The molecule has 0 saturated heterocycles. The predicted octanol–water partition coefficient (Wildman–Crippen LogP) is 2.00. The number of nitrogens with two attached hydrogens (primary N) is 1. The molecule has 1 unspecified atom stereocenters. The van der Waals surface area contributed by atoms with Gasteiger partial charge in [-0.1, -0.05) is 25.5 Å². The normalized spacial score (nSPS) is 13.7. The monoisotopic (exact) mass is 229 g/mol. The Bertz CT molecular complexity index is 411. The van der Waals surface area contributed by atoms with Crippen LogP contribution in [-0.4, -0.2) is 13.0 Å². The standard InChI is InChI=1S/C10H15NO3S/c1-2-3-10(15(12,13)14)8-4-6-9(11)7-5-8/h4-7,10H,2-3,11H2,1H3,(H,12,13,14). The molecule has 4 nitrogen and oxygen atoms in total. The van der Waals surface area contributed by atoms with E-state index in [-0.39, 0.29) is 0 Å². The number of hydrogen-bond acceptors (Lipinski definition) is 3. The highest BCUT2D eigenvalue weighted by Crippen LogP contribution is 2.26.